The molecule has 0 heterocycles. The van der Waals surface area contributed by atoms with E-state index in [1.807, 2.05) is 6.07 Å². The van der Waals surface area contributed by atoms with Crippen molar-refractivity contribution >= 4 is 17.3 Å². The summed E-state index contributed by atoms with van der Waals surface area (Å²) in [4.78, 5) is 0. The van der Waals surface area contributed by atoms with Crippen molar-refractivity contribution in [3.05, 3.63) is 64.2 Å². The molecule has 0 aliphatic heterocycles. The van der Waals surface area contributed by atoms with E-state index in [-0.39, 0.29) is 6.54 Å². The summed E-state index contributed by atoms with van der Waals surface area (Å²) >= 11 is 5.88. The molecule has 0 aromatic heterocycles. The standard InChI is InChI=1S/C14H9ClF2N2/c15-12-2-1-3-14(11(12)7-18)19-8-9-4-5-10(16)6-13(9)17/h1-6,19H,8H2. The van der Waals surface area contributed by atoms with Crippen LogP contribution in [0.5, 0.6) is 0 Å². The number of anilines is 1. The van der Waals surface area contributed by atoms with Crippen LogP contribution in [0, 0.1) is 23.0 Å². The minimum Gasteiger partial charge on any atom is -0.380 e. The summed E-state index contributed by atoms with van der Waals surface area (Å²) in [7, 11) is 0. The van der Waals surface area contributed by atoms with Gasteiger partial charge >= 0.3 is 0 Å². The van der Waals surface area contributed by atoms with Gasteiger partial charge in [0.05, 0.1) is 16.3 Å². The second kappa shape index (κ2) is 5.68. The van der Waals surface area contributed by atoms with Gasteiger partial charge in [0.25, 0.3) is 0 Å². The summed E-state index contributed by atoms with van der Waals surface area (Å²) in [6.07, 6.45) is 0. The van der Waals surface area contributed by atoms with E-state index < -0.39 is 11.6 Å². The van der Waals surface area contributed by atoms with Gasteiger partial charge in [-0.2, -0.15) is 5.26 Å². The van der Waals surface area contributed by atoms with Crippen LogP contribution in [0.2, 0.25) is 5.02 Å². The van der Waals surface area contributed by atoms with Gasteiger partial charge in [-0.15, -0.1) is 0 Å². The third kappa shape index (κ3) is 3.01. The van der Waals surface area contributed by atoms with Crippen LogP contribution in [0.3, 0.4) is 0 Å². The van der Waals surface area contributed by atoms with E-state index in [4.69, 9.17) is 16.9 Å². The van der Waals surface area contributed by atoms with E-state index >= 15 is 0 Å². The molecule has 2 aromatic carbocycles. The predicted molar refractivity (Wildman–Crippen MR) is 69.9 cm³/mol. The van der Waals surface area contributed by atoms with E-state index in [0.717, 1.165) is 6.07 Å². The minimum atomic E-state index is -0.631. The van der Waals surface area contributed by atoms with Crippen LogP contribution in [0.4, 0.5) is 14.5 Å². The Hall–Kier alpha value is -2.12. The number of benzene rings is 2. The van der Waals surface area contributed by atoms with Crippen molar-refractivity contribution in [1.82, 2.24) is 0 Å². The molecule has 0 saturated carbocycles. The van der Waals surface area contributed by atoms with Gasteiger partial charge < -0.3 is 5.32 Å². The largest absolute Gasteiger partial charge is 0.380 e. The summed E-state index contributed by atoms with van der Waals surface area (Å²) < 4.78 is 26.2. The molecule has 0 fully saturated rings. The quantitative estimate of drug-likeness (QED) is 0.917. The van der Waals surface area contributed by atoms with Crippen LogP contribution in [0.1, 0.15) is 11.1 Å². The van der Waals surface area contributed by atoms with Gasteiger partial charge in [0, 0.05) is 18.2 Å². The second-order valence-corrected chi connectivity index (χ2v) is 4.27. The van der Waals surface area contributed by atoms with Crippen LogP contribution in [-0.4, -0.2) is 0 Å². The second-order valence-electron chi connectivity index (χ2n) is 3.86. The molecule has 0 amide bonds. The van der Waals surface area contributed by atoms with Crippen molar-refractivity contribution in [2.24, 2.45) is 0 Å². The number of nitrogens with one attached hydrogen (secondary N) is 1. The molecular formula is C14H9ClF2N2. The zero-order valence-corrected chi connectivity index (χ0v) is 10.5. The van der Waals surface area contributed by atoms with E-state index in [2.05, 4.69) is 5.32 Å². The van der Waals surface area contributed by atoms with Crippen LogP contribution in [-0.2, 0) is 6.54 Å². The van der Waals surface area contributed by atoms with Crippen LogP contribution >= 0.6 is 11.6 Å². The Kier molecular flexibility index (Phi) is 3.98. The molecule has 5 heteroatoms. The first-order valence-corrected chi connectivity index (χ1v) is 5.86. The van der Waals surface area contributed by atoms with Crippen molar-refractivity contribution in [3.63, 3.8) is 0 Å². The monoisotopic (exact) mass is 278 g/mol. The summed E-state index contributed by atoms with van der Waals surface area (Å²) in [5, 5.41) is 12.2. The third-order valence-electron chi connectivity index (χ3n) is 2.61. The van der Waals surface area contributed by atoms with E-state index in [9.17, 15) is 8.78 Å². The smallest absolute Gasteiger partial charge is 0.131 e. The maximum absolute atomic E-state index is 13.4. The lowest BCUT2D eigenvalue weighted by Gasteiger charge is -2.09. The molecule has 0 unspecified atom stereocenters. The molecule has 0 aliphatic rings. The maximum atomic E-state index is 13.4. The molecular weight excluding hydrogens is 270 g/mol. The van der Waals surface area contributed by atoms with Gasteiger partial charge in [0.1, 0.15) is 17.7 Å². The number of nitrogens with zero attached hydrogens (tertiary/aromatic N) is 1. The Morgan fingerprint density at radius 2 is 2.00 bits per heavy atom. The summed E-state index contributed by atoms with van der Waals surface area (Å²) in [6.45, 7) is 0.140. The number of nitriles is 1. The van der Waals surface area contributed by atoms with Gasteiger partial charge in [-0.05, 0) is 18.2 Å². The molecule has 2 aromatic rings. The molecule has 2 rings (SSSR count). The van der Waals surface area contributed by atoms with Gasteiger partial charge in [-0.3, -0.25) is 0 Å². The van der Waals surface area contributed by atoms with E-state index in [1.54, 1.807) is 18.2 Å². The van der Waals surface area contributed by atoms with Gasteiger partial charge in [-0.25, -0.2) is 8.78 Å². The molecule has 0 radical (unpaired) electrons. The number of hydrogen-bond acceptors (Lipinski definition) is 2. The molecule has 0 spiro atoms. The average Bonchev–Trinajstić information content (AvgIpc) is 2.38. The van der Waals surface area contributed by atoms with E-state index in [0.29, 0.717) is 21.8 Å². The van der Waals surface area contributed by atoms with Gasteiger partial charge in [0.2, 0.25) is 0 Å². The SMILES string of the molecule is N#Cc1c(Cl)cccc1NCc1ccc(F)cc1F. The molecule has 0 saturated heterocycles. The lowest BCUT2D eigenvalue weighted by molar-refractivity contribution is 0.574. The number of halogens is 3. The highest BCUT2D eigenvalue weighted by atomic mass is 35.5. The highest BCUT2D eigenvalue weighted by Gasteiger charge is 2.08. The van der Waals surface area contributed by atoms with Crippen molar-refractivity contribution in [2.75, 3.05) is 5.32 Å². The first-order valence-electron chi connectivity index (χ1n) is 5.48. The van der Waals surface area contributed by atoms with E-state index in [1.165, 1.54) is 12.1 Å². The van der Waals surface area contributed by atoms with Crippen LogP contribution in [0.25, 0.3) is 0 Å². The summed E-state index contributed by atoms with van der Waals surface area (Å²) in [5.41, 5.74) is 1.12. The Bertz CT molecular complexity index is 650. The van der Waals surface area contributed by atoms with Crippen molar-refractivity contribution in [1.29, 1.82) is 5.26 Å². The minimum absolute atomic E-state index is 0.140. The Morgan fingerprint density at radius 1 is 1.21 bits per heavy atom. The normalized spacial score (nSPS) is 10.0. The fraction of sp³-hybridized carbons (Fsp3) is 0.0714. The first kappa shape index (κ1) is 13.3. The highest BCUT2D eigenvalue weighted by molar-refractivity contribution is 6.32. The Labute approximate surface area is 114 Å². The highest BCUT2D eigenvalue weighted by Crippen LogP contribution is 2.24. The lowest BCUT2D eigenvalue weighted by Crippen LogP contribution is -2.03. The van der Waals surface area contributed by atoms with Crippen LogP contribution < -0.4 is 5.32 Å². The van der Waals surface area contributed by atoms with Crippen molar-refractivity contribution in [2.45, 2.75) is 6.54 Å². The summed E-state index contributed by atoms with van der Waals surface area (Å²) in [6, 6.07) is 10.3. The molecule has 96 valence electrons. The predicted octanol–water partition coefficient (Wildman–Crippen LogP) is 4.10. The fourth-order valence-electron chi connectivity index (χ4n) is 1.64. The molecule has 19 heavy (non-hydrogen) atoms. The molecule has 1 N–H and O–H groups in total. The first-order chi connectivity index (χ1) is 9.11. The topological polar surface area (TPSA) is 35.8 Å². The molecule has 0 bridgehead atoms. The molecule has 0 aliphatic carbocycles. The molecule has 0 atom stereocenters. The van der Waals surface area contributed by atoms with Gasteiger partial charge in [0.15, 0.2) is 0 Å². The average molecular weight is 279 g/mol. The fourth-order valence-corrected chi connectivity index (χ4v) is 1.86. The summed E-state index contributed by atoms with van der Waals surface area (Å²) in [5.74, 6) is -1.25. The Balaban J connectivity index is 2.20. The van der Waals surface area contributed by atoms with Gasteiger partial charge in [-0.1, -0.05) is 23.7 Å². The molecule has 2 nitrogen and oxygen atoms in total. The maximum Gasteiger partial charge on any atom is 0.131 e. The third-order valence-corrected chi connectivity index (χ3v) is 2.92. The van der Waals surface area contributed by atoms with Crippen molar-refractivity contribution in [3.8, 4) is 6.07 Å². The lowest BCUT2D eigenvalue weighted by atomic mass is 10.1. The number of hydrogen-bond donors (Lipinski definition) is 1. The van der Waals surface area contributed by atoms with Crippen molar-refractivity contribution < 1.29 is 8.78 Å². The zero-order chi connectivity index (χ0) is 13.8. The van der Waals surface area contributed by atoms with Crippen LogP contribution in [0.15, 0.2) is 36.4 Å². The Morgan fingerprint density at radius 3 is 2.68 bits per heavy atom. The zero-order valence-electron chi connectivity index (χ0n) is 9.75. The number of rotatable bonds is 3.